The molecule has 1 aliphatic heterocycles. The Labute approximate surface area is 122 Å². The molecule has 2 N–H and O–H groups in total. The van der Waals surface area contributed by atoms with Gasteiger partial charge in [0.1, 0.15) is 0 Å². The van der Waals surface area contributed by atoms with E-state index in [1.807, 2.05) is 6.92 Å². The Kier molecular flexibility index (Phi) is 5.11. The van der Waals surface area contributed by atoms with E-state index in [4.69, 9.17) is 10.5 Å². The highest BCUT2D eigenvalue weighted by atomic mass is 19.4. The molecule has 1 atom stereocenters. The maximum absolute atomic E-state index is 13.3. The van der Waals surface area contributed by atoms with Crippen molar-refractivity contribution in [2.24, 2.45) is 5.73 Å². The quantitative estimate of drug-likeness (QED) is 0.908. The lowest BCUT2D eigenvalue weighted by atomic mass is 10.1. The first-order valence-electron chi connectivity index (χ1n) is 7.22. The summed E-state index contributed by atoms with van der Waals surface area (Å²) < 4.78 is 45.4. The van der Waals surface area contributed by atoms with Gasteiger partial charge in [-0.25, -0.2) is 0 Å². The van der Waals surface area contributed by atoms with Crippen LogP contribution in [-0.2, 0) is 17.5 Å². The highest BCUT2D eigenvalue weighted by Crippen LogP contribution is 2.37. The lowest BCUT2D eigenvalue weighted by molar-refractivity contribution is -0.137. The summed E-state index contributed by atoms with van der Waals surface area (Å²) in [5, 5.41) is 0. The normalized spacial score (nSPS) is 19.0. The maximum atomic E-state index is 13.3. The molecule has 0 bridgehead atoms. The first kappa shape index (κ1) is 16.1. The fraction of sp³-hybridized carbons (Fsp3) is 0.600. The predicted molar refractivity (Wildman–Crippen MR) is 76.2 cm³/mol. The Hall–Kier alpha value is -1.27. The zero-order valence-corrected chi connectivity index (χ0v) is 12.1. The van der Waals surface area contributed by atoms with Crippen molar-refractivity contribution in [3.8, 4) is 0 Å². The molecule has 21 heavy (non-hydrogen) atoms. The van der Waals surface area contributed by atoms with Crippen molar-refractivity contribution in [3.05, 3.63) is 29.3 Å². The number of alkyl halides is 3. The SMILES string of the molecule is CCN(CC1CCCO1)c1ccc(CN)cc1C(F)(F)F. The molecule has 1 fully saturated rings. The van der Waals surface area contributed by atoms with Crippen LogP contribution in [0, 0.1) is 0 Å². The van der Waals surface area contributed by atoms with Crippen molar-refractivity contribution in [2.75, 3.05) is 24.6 Å². The average molecular weight is 302 g/mol. The zero-order chi connectivity index (χ0) is 15.5. The standard InChI is InChI=1S/C15H21F3N2O/c1-2-20(10-12-4-3-7-21-12)14-6-5-11(9-19)8-13(14)15(16,17)18/h5-6,8,12H,2-4,7,9-10,19H2,1H3. The molecule has 1 heterocycles. The molecule has 1 unspecified atom stereocenters. The van der Waals surface area contributed by atoms with Gasteiger partial charge in [-0.3, -0.25) is 0 Å². The molecule has 1 aromatic carbocycles. The van der Waals surface area contributed by atoms with E-state index in [0.29, 0.717) is 25.3 Å². The summed E-state index contributed by atoms with van der Waals surface area (Å²) in [6.45, 7) is 3.64. The van der Waals surface area contributed by atoms with Crippen LogP contribution in [0.1, 0.15) is 30.9 Å². The van der Waals surface area contributed by atoms with E-state index in [9.17, 15) is 13.2 Å². The topological polar surface area (TPSA) is 38.5 Å². The van der Waals surface area contributed by atoms with Gasteiger partial charge in [-0.2, -0.15) is 13.2 Å². The molecule has 118 valence electrons. The number of ether oxygens (including phenoxy) is 1. The molecule has 3 nitrogen and oxygen atoms in total. The van der Waals surface area contributed by atoms with Crippen LogP contribution in [0.4, 0.5) is 18.9 Å². The second-order valence-electron chi connectivity index (χ2n) is 5.23. The largest absolute Gasteiger partial charge is 0.418 e. The number of hydrogen-bond acceptors (Lipinski definition) is 3. The molecule has 2 rings (SSSR count). The minimum atomic E-state index is -4.38. The molecule has 1 aromatic rings. The van der Waals surface area contributed by atoms with Crippen molar-refractivity contribution in [1.82, 2.24) is 0 Å². The van der Waals surface area contributed by atoms with Gasteiger partial charge in [0, 0.05) is 31.9 Å². The lowest BCUT2D eigenvalue weighted by Gasteiger charge is -2.29. The fourth-order valence-corrected chi connectivity index (χ4v) is 2.64. The van der Waals surface area contributed by atoms with Crippen LogP contribution < -0.4 is 10.6 Å². The predicted octanol–water partition coefficient (Wildman–Crippen LogP) is 3.17. The van der Waals surface area contributed by atoms with Gasteiger partial charge in [0.15, 0.2) is 0 Å². The molecule has 1 saturated heterocycles. The smallest absolute Gasteiger partial charge is 0.376 e. The number of nitrogens with zero attached hydrogens (tertiary/aromatic N) is 1. The highest BCUT2D eigenvalue weighted by molar-refractivity contribution is 5.56. The minimum absolute atomic E-state index is 0.0141. The lowest BCUT2D eigenvalue weighted by Crippen LogP contribution is -2.33. The molecular formula is C15H21F3N2O. The van der Waals surface area contributed by atoms with Crippen LogP contribution in [0.3, 0.4) is 0 Å². The Morgan fingerprint density at radius 3 is 2.67 bits per heavy atom. The van der Waals surface area contributed by atoms with E-state index in [1.165, 1.54) is 6.07 Å². The summed E-state index contributed by atoms with van der Waals surface area (Å²) in [4.78, 5) is 1.74. The van der Waals surface area contributed by atoms with Gasteiger partial charge in [0.05, 0.1) is 11.7 Å². The summed E-state index contributed by atoms with van der Waals surface area (Å²) >= 11 is 0. The highest BCUT2D eigenvalue weighted by Gasteiger charge is 2.35. The molecule has 0 saturated carbocycles. The van der Waals surface area contributed by atoms with Crippen LogP contribution >= 0.6 is 0 Å². The number of nitrogens with two attached hydrogens (primary N) is 1. The number of hydrogen-bond donors (Lipinski definition) is 1. The summed E-state index contributed by atoms with van der Waals surface area (Å²) in [6.07, 6.45) is -2.50. The molecule has 0 spiro atoms. The number of rotatable bonds is 5. The first-order chi connectivity index (χ1) is 9.95. The monoisotopic (exact) mass is 302 g/mol. The van der Waals surface area contributed by atoms with Crippen molar-refractivity contribution in [3.63, 3.8) is 0 Å². The van der Waals surface area contributed by atoms with Crippen molar-refractivity contribution in [1.29, 1.82) is 0 Å². The van der Waals surface area contributed by atoms with Gasteiger partial charge in [0.2, 0.25) is 0 Å². The summed E-state index contributed by atoms with van der Waals surface area (Å²) in [5.41, 5.74) is 5.52. The van der Waals surface area contributed by atoms with Gasteiger partial charge in [-0.05, 0) is 37.5 Å². The van der Waals surface area contributed by atoms with E-state index in [-0.39, 0.29) is 18.3 Å². The van der Waals surface area contributed by atoms with Crippen molar-refractivity contribution >= 4 is 5.69 Å². The Morgan fingerprint density at radius 2 is 2.14 bits per heavy atom. The molecule has 0 amide bonds. The van der Waals surface area contributed by atoms with E-state index in [0.717, 1.165) is 18.9 Å². The van der Waals surface area contributed by atoms with Crippen LogP contribution in [0.15, 0.2) is 18.2 Å². The molecule has 6 heteroatoms. The van der Waals surface area contributed by atoms with Gasteiger partial charge in [-0.15, -0.1) is 0 Å². The summed E-state index contributed by atoms with van der Waals surface area (Å²) in [5.74, 6) is 0. The zero-order valence-electron chi connectivity index (χ0n) is 12.1. The molecule has 1 aliphatic rings. The minimum Gasteiger partial charge on any atom is -0.376 e. The van der Waals surface area contributed by atoms with Crippen LogP contribution in [0.2, 0.25) is 0 Å². The van der Waals surface area contributed by atoms with Gasteiger partial charge in [-0.1, -0.05) is 6.07 Å². The average Bonchev–Trinajstić information content (AvgIpc) is 2.96. The summed E-state index contributed by atoms with van der Waals surface area (Å²) in [7, 11) is 0. The van der Waals surface area contributed by atoms with Gasteiger partial charge >= 0.3 is 6.18 Å². The number of halogens is 3. The molecular weight excluding hydrogens is 281 g/mol. The fourth-order valence-electron chi connectivity index (χ4n) is 2.64. The third-order valence-electron chi connectivity index (χ3n) is 3.77. The maximum Gasteiger partial charge on any atom is 0.418 e. The van der Waals surface area contributed by atoms with Crippen LogP contribution in [-0.4, -0.2) is 25.8 Å². The number of anilines is 1. The second-order valence-corrected chi connectivity index (χ2v) is 5.23. The summed E-state index contributed by atoms with van der Waals surface area (Å²) in [6, 6.07) is 4.32. The molecule has 0 radical (unpaired) electrons. The third-order valence-corrected chi connectivity index (χ3v) is 3.77. The number of likely N-dealkylation sites (N-methyl/N-ethyl adjacent to an activating group) is 1. The Morgan fingerprint density at radius 1 is 1.38 bits per heavy atom. The Balaban J connectivity index is 2.30. The third kappa shape index (κ3) is 3.89. The molecule has 0 aliphatic carbocycles. The van der Waals surface area contributed by atoms with Crippen molar-refractivity contribution in [2.45, 2.75) is 38.6 Å². The second kappa shape index (κ2) is 6.66. The van der Waals surface area contributed by atoms with Crippen LogP contribution in [0.5, 0.6) is 0 Å². The van der Waals surface area contributed by atoms with Crippen molar-refractivity contribution < 1.29 is 17.9 Å². The molecule has 0 aromatic heterocycles. The first-order valence-corrected chi connectivity index (χ1v) is 7.22. The van der Waals surface area contributed by atoms with Gasteiger partial charge in [0.25, 0.3) is 0 Å². The van der Waals surface area contributed by atoms with Crippen LogP contribution in [0.25, 0.3) is 0 Å². The van der Waals surface area contributed by atoms with E-state index < -0.39 is 11.7 Å². The van der Waals surface area contributed by atoms with E-state index in [2.05, 4.69) is 0 Å². The van der Waals surface area contributed by atoms with Gasteiger partial charge < -0.3 is 15.4 Å². The van der Waals surface area contributed by atoms with E-state index >= 15 is 0 Å². The number of benzene rings is 1. The van der Waals surface area contributed by atoms with E-state index in [1.54, 1.807) is 11.0 Å². The Bertz CT molecular complexity index is 470.